The Balaban J connectivity index is 1.18. The SMILES string of the molecule is COc1ccc(Cn2ccc3c(Nc4ccccc4S(=O)(=O)NC(C)C)nc(Nc4ccc(N5CCC(N6CCN(C)CC6)CC5)cc4OC)nc32)cc1. The summed E-state index contributed by atoms with van der Waals surface area (Å²) < 4.78 is 42.7. The summed E-state index contributed by atoms with van der Waals surface area (Å²) >= 11 is 0. The van der Waals surface area contributed by atoms with Crippen LogP contribution in [0.3, 0.4) is 0 Å². The number of anilines is 5. The number of ether oxygens (including phenoxy) is 2. The van der Waals surface area contributed by atoms with Crippen molar-refractivity contribution in [3.8, 4) is 11.5 Å². The molecule has 3 N–H and O–H groups in total. The van der Waals surface area contributed by atoms with Gasteiger partial charge in [-0.3, -0.25) is 4.90 Å². The molecule has 0 bridgehead atoms. The maximum atomic E-state index is 13.4. The predicted molar refractivity (Wildman–Crippen MR) is 215 cm³/mol. The highest BCUT2D eigenvalue weighted by molar-refractivity contribution is 7.89. The van der Waals surface area contributed by atoms with E-state index in [-0.39, 0.29) is 10.9 Å². The molecule has 0 saturated carbocycles. The summed E-state index contributed by atoms with van der Waals surface area (Å²) in [7, 11) is 1.72. The lowest BCUT2D eigenvalue weighted by molar-refractivity contribution is 0.0982. The molecule has 0 aliphatic carbocycles. The highest BCUT2D eigenvalue weighted by Gasteiger charge is 2.27. The van der Waals surface area contributed by atoms with Crippen LogP contribution in [0.5, 0.6) is 11.5 Å². The molecule has 0 unspecified atom stereocenters. The predicted octanol–water partition coefficient (Wildman–Crippen LogP) is 5.89. The van der Waals surface area contributed by atoms with Crippen molar-refractivity contribution in [3.63, 3.8) is 0 Å². The molecular weight excluding hydrogens is 703 g/mol. The third-order valence-electron chi connectivity index (χ3n) is 10.3. The Morgan fingerprint density at radius 1 is 0.833 bits per heavy atom. The van der Waals surface area contributed by atoms with Gasteiger partial charge < -0.3 is 34.5 Å². The van der Waals surface area contributed by atoms with Gasteiger partial charge in [0.05, 0.1) is 31.0 Å². The lowest BCUT2D eigenvalue weighted by atomic mass is 10.0. The van der Waals surface area contributed by atoms with Crippen LogP contribution in [0.25, 0.3) is 11.0 Å². The standard InChI is InChI=1S/C40H51N9O4S/c1-28(2)45-54(50,51)37-9-7-6-8-35(37)41-38-33-18-21-49(27-29-10-13-32(52-4)14-11-29)39(33)44-40(43-38)42-34-15-12-31(26-36(34)53-5)47-19-16-30(17-20-47)48-24-22-46(3)23-25-48/h6-15,18,21,26,28,30,45H,16-17,19-20,22-25,27H2,1-5H3,(H2,41,42,43,44). The van der Waals surface area contributed by atoms with Crippen LogP contribution in [0.4, 0.5) is 28.8 Å². The van der Waals surface area contributed by atoms with E-state index in [1.807, 2.05) is 47.2 Å². The van der Waals surface area contributed by atoms with E-state index in [2.05, 4.69) is 49.2 Å². The second-order valence-corrected chi connectivity index (χ2v) is 16.1. The molecule has 7 rings (SSSR count). The van der Waals surface area contributed by atoms with Crippen molar-refractivity contribution in [2.45, 2.75) is 50.2 Å². The van der Waals surface area contributed by atoms with Gasteiger partial charge in [-0.05, 0) is 81.8 Å². The fourth-order valence-electron chi connectivity index (χ4n) is 7.35. The van der Waals surface area contributed by atoms with Crippen LogP contribution in [0.15, 0.2) is 83.9 Å². The topological polar surface area (TPSA) is 129 Å². The Kier molecular flexibility index (Phi) is 11.2. The number of para-hydroxylation sites is 1. The number of sulfonamides is 1. The van der Waals surface area contributed by atoms with Crippen LogP contribution >= 0.6 is 0 Å². The molecule has 2 aromatic heterocycles. The second-order valence-electron chi connectivity index (χ2n) is 14.4. The maximum Gasteiger partial charge on any atom is 0.242 e. The number of piperazine rings is 1. The minimum Gasteiger partial charge on any atom is -0.497 e. The molecule has 0 radical (unpaired) electrons. The summed E-state index contributed by atoms with van der Waals surface area (Å²) in [6.45, 7) is 10.7. The number of hydrogen-bond donors (Lipinski definition) is 3. The minimum absolute atomic E-state index is 0.127. The third kappa shape index (κ3) is 8.41. The molecule has 5 aromatic rings. The lowest BCUT2D eigenvalue weighted by Gasteiger charge is -2.42. The van der Waals surface area contributed by atoms with E-state index in [1.54, 1.807) is 52.3 Å². The zero-order valence-corrected chi connectivity index (χ0v) is 32.6. The van der Waals surface area contributed by atoms with Crippen molar-refractivity contribution in [1.29, 1.82) is 0 Å². The number of methoxy groups -OCH3 is 2. The fraction of sp³-hybridized carbons (Fsp3) is 0.400. The Morgan fingerprint density at radius 3 is 2.28 bits per heavy atom. The normalized spacial score (nSPS) is 16.2. The Labute approximate surface area is 318 Å². The summed E-state index contributed by atoms with van der Waals surface area (Å²) in [4.78, 5) is 17.5. The highest BCUT2D eigenvalue weighted by atomic mass is 32.2. The van der Waals surface area contributed by atoms with Crippen molar-refractivity contribution in [2.75, 3.05) is 76.1 Å². The second kappa shape index (κ2) is 16.2. The average Bonchev–Trinajstić information content (AvgIpc) is 3.57. The third-order valence-corrected chi connectivity index (χ3v) is 12.0. The number of likely N-dealkylation sites (N-methyl/N-ethyl adjacent to an activating group) is 1. The first-order valence-corrected chi connectivity index (χ1v) is 20.1. The number of benzene rings is 3. The molecule has 0 spiro atoms. The number of piperidine rings is 1. The van der Waals surface area contributed by atoms with Crippen molar-refractivity contribution in [3.05, 3.63) is 84.6 Å². The quantitative estimate of drug-likeness (QED) is 0.133. The van der Waals surface area contributed by atoms with E-state index in [9.17, 15) is 8.42 Å². The van der Waals surface area contributed by atoms with Gasteiger partial charge in [0.2, 0.25) is 16.0 Å². The number of rotatable bonds is 13. The van der Waals surface area contributed by atoms with Crippen molar-refractivity contribution < 1.29 is 17.9 Å². The molecule has 286 valence electrons. The van der Waals surface area contributed by atoms with Crippen LogP contribution in [-0.2, 0) is 16.6 Å². The molecule has 14 heteroatoms. The van der Waals surface area contributed by atoms with E-state index < -0.39 is 10.0 Å². The molecule has 13 nitrogen and oxygen atoms in total. The van der Waals surface area contributed by atoms with Crippen LogP contribution in [-0.4, -0.2) is 105 Å². The van der Waals surface area contributed by atoms with E-state index >= 15 is 0 Å². The van der Waals surface area contributed by atoms with Crippen molar-refractivity contribution in [1.82, 2.24) is 29.1 Å². The molecule has 0 atom stereocenters. The molecule has 3 aromatic carbocycles. The van der Waals surface area contributed by atoms with Gasteiger partial charge in [-0.1, -0.05) is 24.3 Å². The summed E-state index contributed by atoms with van der Waals surface area (Å²) in [6.07, 6.45) is 4.25. The van der Waals surface area contributed by atoms with Crippen LogP contribution < -0.4 is 29.7 Å². The van der Waals surface area contributed by atoms with Gasteiger partial charge in [0.25, 0.3) is 0 Å². The van der Waals surface area contributed by atoms with Crippen LogP contribution in [0.2, 0.25) is 0 Å². The summed E-state index contributed by atoms with van der Waals surface area (Å²) in [6, 6.07) is 23.2. The van der Waals surface area contributed by atoms with Crippen LogP contribution in [0.1, 0.15) is 32.3 Å². The van der Waals surface area contributed by atoms with E-state index in [1.165, 1.54) is 0 Å². The number of nitrogens with zero attached hydrogens (tertiary/aromatic N) is 6. The molecule has 2 fully saturated rings. The van der Waals surface area contributed by atoms with Gasteiger partial charge in [0, 0.05) is 75.8 Å². The molecule has 54 heavy (non-hydrogen) atoms. The first-order valence-electron chi connectivity index (χ1n) is 18.6. The Hall–Kier alpha value is -4.89. The molecule has 2 saturated heterocycles. The van der Waals surface area contributed by atoms with Crippen molar-refractivity contribution in [2.24, 2.45) is 0 Å². The summed E-state index contributed by atoms with van der Waals surface area (Å²) in [5.41, 5.74) is 3.98. The fourth-order valence-corrected chi connectivity index (χ4v) is 8.77. The van der Waals surface area contributed by atoms with E-state index in [0.29, 0.717) is 41.4 Å². The molecular formula is C40H51N9O4S. The zero-order valence-electron chi connectivity index (χ0n) is 31.7. The molecule has 0 amide bonds. The van der Waals surface area contributed by atoms with Gasteiger partial charge in [-0.25, -0.2) is 13.1 Å². The average molecular weight is 754 g/mol. The molecule has 2 aliphatic rings. The largest absolute Gasteiger partial charge is 0.497 e. The maximum absolute atomic E-state index is 13.4. The Morgan fingerprint density at radius 2 is 1.57 bits per heavy atom. The summed E-state index contributed by atoms with van der Waals surface area (Å²) in [5.74, 6) is 2.25. The van der Waals surface area contributed by atoms with E-state index in [4.69, 9.17) is 19.4 Å². The van der Waals surface area contributed by atoms with Crippen molar-refractivity contribution >= 4 is 49.9 Å². The monoisotopic (exact) mass is 753 g/mol. The Bertz CT molecular complexity index is 2160. The van der Waals surface area contributed by atoms with Gasteiger partial charge in [0.1, 0.15) is 27.9 Å². The summed E-state index contributed by atoms with van der Waals surface area (Å²) in [5, 5.41) is 7.49. The first kappa shape index (κ1) is 37.4. The first-order chi connectivity index (χ1) is 26.1. The smallest absolute Gasteiger partial charge is 0.242 e. The minimum atomic E-state index is -3.81. The number of hydrogen-bond acceptors (Lipinski definition) is 11. The van der Waals surface area contributed by atoms with Crippen LogP contribution in [0, 0.1) is 0 Å². The number of fused-ring (bicyclic) bond motifs is 1. The van der Waals surface area contributed by atoms with Gasteiger partial charge in [-0.2, -0.15) is 9.97 Å². The van der Waals surface area contributed by atoms with Gasteiger partial charge in [0.15, 0.2) is 0 Å². The highest BCUT2D eigenvalue weighted by Crippen LogP contribution is 2.35. The zero-order chi connectivity index (χ0) is 37.8. The molecule has 2 aliphatic heterocycles. The number of nitrogens with one attached hydrogen (secondary N) is 3. The molecule has 4 heterocycles. The van der Waals surface area contributed by atoms with Gasteiger partial charge in [-0.15, -0.1) is 0 Å². The van der Waals surface area contributed by atoms with E-state index in [0.717, 1.165) is 80.2 Å². The number of aromatic nitrogens is 3. The lowest BCUT2D eigenvalue weighted by Crippen LogP contribution is -2.52. The van der Waals surface area contributed by atoms with Gasteiger partial charge >= 0.3 is 0 Å².